The lowest BCUT2D eigenvalue weighted by Gasteiger charge is -2.15. The van der Waals surface area contributed by atoms with Crippen LogP contribution in [0.4, 0.5) is 0 Å². The summed E-state index contributed by atoms with van der Waals surface area (Å²) in [7, 11) is 1.93. The molecule has 0 radical (unpaired) electrons. The number of likely N-dealkylation sites (N-methyl/N-ethyl adjacent to an activating group) is 1. The number of furan rings is 1. The predicted octanol–water partition coefficient (Wildman–Crippen LogP) is 3.74. The zero-order valence-corrected chi connectivity index (χ0v) is 10.8. The molecule has 1 aromatic carbocycles. The van der Waals surface area contributed by atoms with Crippen LogP contribution in [-0.2, 0) is 6.42 Å². The quantitative estimate of drug-likeness (QED) is 0.893. The van der Waals surface area contributed by atoms with Crippen LogP contribution in [0.25, 0.3) is 0 Å². The van der Waals surface area contributed by atoms with E-state index >= 15 is 0 Å². The van der Waals surface area contributed by atoms with Gasteiger partial charge in [0.25, 0.3) is 0 Å². The maximum Gasteiger partial charge on any atom is 0.193 e. The van der Waals surface area contributed by atoms with Gasteiger partial charge in [-0.2, -0.15) is 0 Å². The van der Waals surface area contributed by atoms with Crippen LogP contribution < -0.4 is 5.32 Å². The van der Waals surface area contributed by atoms with Crippen molar-refractivity contribution < 1.29 is 4.42 Å². The van der Waals surface area contributed by atoms with Crippen LogP contribution in [0.3, 0.4) is 0 Å². The van der Waals surface area contributed by atoms with Gasteiger partial charge in [0, 0.05) is 0 Å². The Bertz CT molecular complexity index is 492. The topological polar surface area (TPSA) is 25.2 Å². The van der Waals surface area contributed by atoms with Gasteiger partial charge in [-0.1, -0.05) is 24.3 Å². The van der Waals surface area contributed by atoms with E-state index in [9.17, 15) is 0 Å². The summed E-state index contributed by atoms with van der Waals surface area (Å²) < 4.78 is 5.45. The van der Waals surface area contributed by atoms with E-state index in [0.717, 1.165) is 12.2 Å². The average molecular weight is 250 g/mol. The summed E-state index contributed by atoms with van der Waals surface area (Å²) in [6.45, 7) is 2.12. The van der Waals surface area contributed by atoms with Crippen LogP contribution in [0, 0.1) is 6.92 Å². The molecular weight excluding hydrogens is 234 g/mol. The van der Waals surface area contributed by atoms with Gasteiger partial charge in [-0.05, 0) is 55.3 Å². The van der Waals surface area contributed by atoms with Crippen LogP contribution in [0.2, 0.25) is 5.22 Å². The molecule has 0 saturated carbocycles. The minimum absolute atomic E-state index is 0.156. The molecule has 3 heteroatoms. The van der Waals surface area contributed by atoms with Gasteiger partial charge in [-0.3, -0.25) is 0 Å². The van der Waals surface area contributed by atoms with E-state index in [1.54, 1.807) is 6.07 Å². The monoisotopic (exact) mass is 249 g/mol. The predicted molar refractivity (Wildman–Crippen MR) is 70.4 cm³/mol. The molecule has 0 aliphatic heterocycles. The molecule has 2 nitrogen and oxygen atoms in total. The van der Waals surface area contributed by atoms with Gasteiger partial charge in [0.1, 0.15) is 5.76 Å². The maximum atomic E-state index is 5.80. The van der Waals surface area contributed by atoms with Crippen molar-refractivity contribution in [2.24, 2.45) is 0 Å². The summed E-state index contributed by atoms with van der Waals surface area (Å²) >= 11 is 5.80. The van der Waals surface area contributed by atoms with E-state index in [2.05, 4.69) is 36.5 Å². The number of hydrogen-bond acceptors (Lipinski definition) is 2. The van der Waals surface area contributed by atoms with Crippen molar-refractivity contribution in [1.82, 2.24) is 5.32 Å². The lowest BCUT2D eigenvalue weighted by atomic mass is 10.00. The third-order valence-electron chi connectivity index (χ3n) is 2.97. The Morgan fingerprint density at radius 1 is 1.24 bits per heavy atom. The summed E-state index contributed by atoms with van der Waals surface area (Å²) in [5, 5.41) is 3.69. The zero-order valence-electron chi connectivity index (χ0n) is 10.0. The molecule has 0 fully saturated rings. The molecule has 1 N–H and O–H groups in total. The number of hydrogen-bond donors (Lipinski definition) is 1. The smallest absolute Gasteiger partial charge is 0.193 e. The average Bonchev–Trinajstić information content (AvgIpc) is 2.75. The number of benzene rings is 1. The Morgan fingerprint density at radius 2 is 2.00 bits per heavy atom. The minimum Gasteiger partial charge on any atom is -0.448 e. The molecule has 0 saturated heterocycles. The molecule has 0 aliphatic carbocycles. The van der Waals surface area contributed by atoms with Crippen LogP contribution in [0.15, 0.2) is 40.8 Å². The number of halogens is 1. The summed E-state index contributed by atoms with van der Waals surface area (Å²) in [5.41, 5.74) is 2.62. The van der Waals surface area contributed by atoms with E-state index in [1.165, 1.54) is 11.1 Å². The number of nitrogens with one attached hydrogen (secondary N) is 1. The Morgan fingerprint density at radius 3 is 2.59 bits per heavy atom. The molecule has 1 unspecified atom stereocenters. The molecule has 2 rings (SSSR count). The zero-order chi connectivity index (χ0) is 12.3. The lowest BCUT2D eigenvalue weighted by molar-refractivity contribution is 0.430. The van der Waals surface area contributed by atoms with Crippen molar-refractivity contribution in [2.75, 3.05) is 7.05 Å². The van der Waals surface area contributed by atoms with Gasteiger partial charge in [0.05, 0.1) is 6.04 Å². The highest BCUT2D eigenvalue weighted by atomic mass is 35.5. The fourth-order valence-electron chi connectivity index (χ4n) is 1.92. The van der Waals surface area contributed by atoms with Gasteiger partial charge in [0.2, 0.25) is 0 Å². The highest BCUT2D eigenvalue weighted by molar-refractivity contribution is 6.28. The first kappa shape index (κ1) is 12.2. The molecular formula is C14H16ClNO. The summed E-state index contributed by atoms with van der Waals surface area (Å²) in [6.07, 6.45) is 0.896. The van der Waals surface area contributed by atoms with Gasteiger partial charge in [0.15, 0.2) is 5.22 Å². The van der Waals surface area contributed by atoms with Crippen molar-refractivity contribution in [3.05, 3.63) is 58.5 Å². The molecule has 17 heavy (non-hydrogen) atoms. The van der Waals surface area contributed by atoms with Crippen molar-refractivity contribution in [2.45, 2.75) is 19.4 Å². The van der Waals surface area contributed by atoms with Gasteiger partial charge in [-0.25, -0.2) is 0 Å². The second-order valence-corrected chi connectivity index (χ2v) is 4.49. The van der Waals surface area contributed by atoms with Crippen molar-refractivity contribution >= 4 is 11.6 Å². The van der Waals surface area contributed by atoms with Crippen LogP contribution in [0.5, 0.6) is 0 Å². The molecule has 0 aliphatic rings. The van der Waals surface area contributed by atoms with Gasteiger partial charge < -0.3 is 9.73 Å². The van der Waals surface area contributed by atoms with E-state index in [4.69, 9.17) is 16.0 Å². The van der Waals surface area contributed by atoms with E-state index in [-0.39, 0.29) is 6.04 Å². The normalized spacial score (nSPS) is 12.6. The van der Waals surface area contributed by atoms with Gasteiger partial charge >= 0.3 is 0 Å². The van der Waals surface area contributed by atoms with Crippen molar-refractivity contribution in [3.8, 4) is 0 Å². The fourth-order valence-corrected chi connectivity index (χ4v) is 2.07. The first-order chi connectivity index (χ1) is 8.20. The molecule has 1 aromatic heterocycles. The molecule has 0 amide bonds. The summed E-state index contributed by atoms with van der Waals surface area (Å²) in [4.78, 5) is 0. The second-order valence-electron chi connectivity index (χ2n) is 4.11. The van der Waals surface area contributed by atoms with Gasteiger partial charge in [-0.15, -0.1) is 0 Å². The Kier molecular flexibility index (Phi) is 3.87. The molecule has 90 valence electrons. The Balaban J connectivity index is 2.18. The fraction of sp³-hybridized carbons (Fsp3) is 0.286. The second kappa shape index (κ2) is 5.39. The molecule has 1 atom stereocenters. The molecule has 1 heterocycles. The summed E-state index contributed by atoms with van der Waals surface area (Å²) in [6, 6.07) is 12.2. The Hall–Kier alpha value is -1.25. The SMILES string of the molecule is CNC(Cc1ccccc1C)c1ccc(Cl)o1. The standard InChI is InChI=1S/C14H16ClNO/c1-10-5-3-4-6-11(10)9-12(16-2)13-7-8-14(15)17-13/h3-8,12,16H,9H2,1-2H3. The number of rotatable bonds is 4. The summed E-state index contributed by atoms with van der Waals surface area (Å²) in [5.74, 6) is 0.876. The van der Waals surface area contributed by atoms with Crippen molar-refractivity contribution in [1.29, 1.82) is 0 Å². The van der Waals surface area contributed by atoms with E-state index in [1.807, 2.05) is 13.1 Å². The lowest BCUT2D eigenvalue weighted by Crippen LogP contribution is -2.18. The third-order valence-corrected chi connectivity index (χ3v) is 3.17. The Labute approximate surface area is 107 Å². The first-order valence-corrected chi connectivity index (χ1v) is 6.05. The highest BCUT2D eigenvalue weighted by Gasteiger charge is 2.14. The first-order valence-electron chi connectivity index (χ1n) is 5.67. The van der Waals surface area contributed by atoms with Crippen LogP contribution in [0.1, 0.15) is 22.9 Å². The van der Waals surface area contributed by atoms with E-state index < -0.39 is 0 Å². The van der Waals surface area contributed by atoms with Crippen molar-refractivity contribution in [3.63, 3.8) is 0 Å². The third kappa shape index (κ3) is 2.90. The largest absolute Gasteiger partial charge is 0.448 e. The molecule has 0 bridgehead atoms. The molecule has 0 spiro atoms. The minimum atomic E-state index is 0.156. The highest BCUT2D eigenvalue weighted by Crippen LogP contribution is 2.23. The van der Waals surface area contributed by atoms with Crippen LogP contribution in [-0.4, -0.2) is 7.05 Å². The van der Waals surface area contributed by atoms with E-state index in [0.29, 0.717) is 5.22 Å². The molecule has 2 aromatic rings. The van der Waals surface area contributed by atoms with Crippen LogP contribution >= 0.6 is 11.6 Å². The number of aryl methyl sites for hydroxylation is 1. The maximum absolute atomic E-state index is 5.80.